The molecule has 6 heteroatoms. The molecule has 31 heavy (non-hydrogen) atoms. The zero-order chi connectivity index (χ0) is 21.2. The van der Waals surface area contributed by atoms with E-state index in [0.717, 1.165) is 79.8 Å². The third kappa shape index (κ3) is 4.55. The molecule has 1 aliphatic carbocycles. The van der Waals surface area contributed by atoms with E-state index < -0.39 is 0 Å². The van der Waals surface area contributed by atoms with Gasteiger partial charge in [-0.05, 0) is 43.2 Å². The van der Waals surface area contributed by atoms with Gasteiger partial charge in [0.25, 0.3) is 0 Å². The lowest BCUT2D eigenvalue weighted by atomic mass is 9.81. The highest BCUT2D eigenvalue weighted by Gasteiger charge is 2.30. The first-order valence-corrected chi connectivity index (χ1v) is 11.3. The first-order valence-electron chi connectivity index (χ1n) is 11.3. The lowest BCUT2D eigenvalue weighted by Crippen LogP contribution is -2.45. The highest BCUT2D eigenvalue weighted by molar-refractivity contribution is 5.88. The molecule has 1 saturated carbocycles. The molecule has 162 valence electrons. The second kappa shape index (κ2) is 8.89. The topological polar surface area (TPSA) is 68.5 Å². The first-order chi connectivity index (χ1) is 15.2. The van der Waals surface area contributed by atoms with Crippen molar-refractivity contribution in [2.75, 3.05) is 26.3 Å². The minimum absolute atomic E-state index is 0.165. The van der Waals surface area contributed by atoms with Gasteiger partial charge in [-0.3, -0.25) is 14.7 Å². The predicted molar refractivity (Wildman–Crippen MR) is 119 cm³/mol. The molecule has 0 amide bonds. The Morgan fingerprint density at radius 3 is 2.58 bits per heavy atom. The summed E-state index contributed by atoms with van der Waals surface area (Å²) in [6.45, 7) is 5.57. The second-order valence-corrected chi connectivity index (χ2v) is 8.78. The van der Waals surface area contributed by atoms with E-state index in [1.807, 2.05) is 31.3 Å². The predicted octanol–water partition coefficient (Wildman–Crippen LogP) is 4.20. The number of hydrogen-bond donors (Lipinski definition) is 0. The van der Waals surface area contributed by atoms with Crippen LogP contribution in [0.2, 0.25) is 0 Å². The molecule has 1 aromatic carbocycles. The minimum atomic E-state index is 0.165. The Bertz CT molecular complexity index is 1060. The van der Waals surface area contributed by atoms with E-state index in [4.69, 9.17) is 9.15 Å². The Morgan fingerprint density at radius 2 is 1.84 bits per heavy atom. The van der Waals surface area contributed by atoms with Gasteiger partial charge >= 0.3 is 0 Å². The van der Waals surface area contributed by atoms with Crippen molar-refractivity contribution >= 4 is 16.6 Å². The number of carbonyl (C=O) groups is 1. The van der Waals surface area contributed by atoms with Gasteiger partial charge in [0.1, 0.15) is 5.78 Å². The summed E-state index contributed by atoms with van der Waals surface area (Å²) in [5, 5.41) is 2.13. The molecule has 0 N–H and O–H groups in total. The van der Waals surface area contributed by atoms with Gasteiger partial charge in [-0.25, -0.2) is 4.98 Å². The third-order valence-corrected chi connectivity index (χ3v) is 6.75. The number of nitrogens with zero attached hydrogens (tertiary/aromatic N) is 3. The summed E-state index contributed by atoms with van der Waals surface area (Å²) in [5.74, 6) is 1.90. The second-order valence-electron chi connectivity index (χ2n) is 8.78. The van der Waals surface area contributed by atoms with Crippen molar-refractivity contribution in [1.82, 2.24) is 14.9 Å². The average Bonchev–Trinajstić information content (AvgIpc) is 3.25. The summed E-state index contributed by atoms with van der Waals surface area (Å²) in [6, 6.07) is 8.79. The Kier molecular flexibility index (Phi) is 5.83. The summed E-state index contributed by atoms with van der Waals surface area (Å²) in [5.41, 5.74) is 1.83. The molecule has 1 aliphatic heterocycles. The van der Waals surface area contributed by atoms with Gasteiger partial charge in [0.15, 0.2) is 11.7 Å². The standard InChI is InChI=1S/C25H29N3O3/c1-17-26-16-25(31-17)19-2-3-20-15-27-22(13-21(20)12-19)14-24(29)18-4-6-23(7-5-18)28-8-10-30-11-9-28/h2-3,12-13,15-16,18,23H,4-11,14H2,1H3. The minimum Gasteiger partial charge on any atom is -0.441 e. The van der Waals surface area contributed by atoms with E-state index in [0.29, 0.717) is 24.1 Å². The number of benzene rings is 1. The van der Waals surface area contributed by atoms with E-state index in [1.54, 1.807) is 6.20 Å². The molecule has 2 aromatic heterocycles. The van der Waals surface area contributed by atoms with Crippen LogP contribution in [0.15, 0.2) is 41.1 Å². The Morgan fingerprint density at radius 1 is 1.03 bits per heavy atom. The molecule has 0 unspecified atom stereocenters. The van der Waals surface area contributed by atoms with Crippen LogP contribution in [0.25, 0.3) is 22.1 Å². The van der Waals surface area contributed by atoms with Crippen molar-refractivity contribution in [2.45, 2.75) is 45.1 Å². The van der Waals surface area contributed by atoms with Crippen molar-refractivity contribution in [3.63, 3.8) is 0 Å². The van der Waals surface area contributed by atoms with E-state index in [-0.39, 0.29) is 5.92 Å². The number of ether oxygens (including phenoxy) is 1. The first kappa shape index (κ1) is 20.3. The number of rotatable bonds is 5. The smallest absolute Gasteiger partial charge is 0.191 e. The molecule has 6 nitrogen and oxygen atoms in total. The summed E-state index contributed by atoms with van der Waals surface area (Å²) in [6.07, 6.45) is 8.22. The number of aromatic nitrogens is 2. The zero-order valence-electron chi connectivity index (χ0n) is 18.0. The Labute approximate surface area is 182 Å². The third-order valence-electron chi connectivity index (χ3n) is 6.75. The summed E-state index contributed by atoms with van der Waals surface area (Å²) >= 11 is 0. The van der Waals surface area contributed by atoms with E-state index in [9.17, 15) is 4.79 Å². The van der Waals surface area contributed by atoms with Gasteiger partial charge in [0, 0.05) is 61.2 Å². The molecule has 2 fully saturated rings. The fourth-order valence-electron chi connectivity index (χ4n) is 4.96. The number of Topliss-reactive ketones (excluding diaryl/α,β-unsaturated/α-hetero) is 1. The molecule has 3 aromatic rings. The summed E-state index contributed by atoms with van der Waals surface area (Å²) in [7, 11) is 0. The lowest BCUT2D eigenvalue weighted by molar-refractivity contribution is -0.123. The zero-order valence-corrected chi connectivity index (χ0v) is 18.0. The summed E-state index contributed by atoms with van der Waals surface area (Å²) in [4.78, 5) is 24.3. The largest absolute Gasteiger partial charge is 0.441 e. The number of fused-ring (bicyclic) bond motifs is 1. The Balaban J connectivity index is 1.24. The molecule has 0 bridgehead atoms. The van der Waals surface area contributed by atoms with Gasteiger partial charge in [-0.1, -0.05) is 12.1 Å². The lowest BCUT2D eigenvalue weighted by Gasteiger charge is -2.38. The van der Waals surface area contributed by atoms with Gasteiger partial charge in [0.05, 0.1) is 19.4 Å². The molecule has 3 heterocycles. The number of oxazole rings is 1. The maximum absolute atomic E-state index is 13.0. The SMILES string of the molecule is Cc1ncc(-c2ccc3cnc(CC(=O)C4CCC(N5CCOCC5)CC4)cc3c2)o1. The van der Waals surface area contributed by atoms with Gasteiger partial charge in [-0.2, -0.15) is 0 Å². The van der Waals surface area contributed by atoms with Gasteiger partial charge in [-0.15, -0.1) is 0 Å². The highest BCUT2D eigenvalue weighted by atomic mass is 16.5. The van der Waals surface area contributed by atoms with Crippen molar-refractivity contribution in [3.8, 4) is 11.3 Å². The van der Waals surface area contributed by atoms with Crippen LogP contribution in [-0.2, 0) is 16.0 Å². The number of aryl methyl sites for hydroxylation is 1. The molecule has 0 radical (unpaired) electrons. The summed E-state index contributed by atoms with van der Waals surface area (Å²) < 4.78 is 11.1. The van der Waals surface area contributed by atoms with Crippen LogP contribution in [0.3, 0.4) is 0 Å². The monoisotopic (exact) mass is 419 g/mol. The fourth-order valence-corrected chi connectivity index (χ4v) is 4.96. The number of hydrogen-bond acceptors (Lipinski definition) is 6. The highest BCUT2D eigenvalue weighted by Crippen LogP contribution is 2.30. The molecule has 2 aliphatic rings. The molecule has 5 rings (SSSR count). The van der Waals surface area contributed by atoms with Crippen LogP contribution in [0.5, 0.6) is 0 Å². The number of morpholine rings is 1. The van der Waals surface area contributed by atoms with E-state index in [1.165, 1.54) is 0 Å². The van der Waals surface area contributed by atoms with Crippen molar-refractivity contribution in [1.29, 1.82) is 0 Å². The molecular formula is C25H29N3O3. The van der Waals surface area contributed by atoms with Gasteiger partial charge in [0.2, 0.25) is 0 Å². The van der Waals surface area contributed by atoms with E-state index >= 15 is 0 Å². The maximum Gasteiger partial charge on any atom is 0.191 e. The number of carbonyl (C=O) groups excluding carboxylic acids is 1. The Hall–Kier alpha value is -2.57. The van der Waals surface area contributed by atoms with E-state index in [2.05, 4.69) is 20.9 Å². The molecule has 1 saturated heterocycles. The molecule has 0 atom stereocenters. The normalized spacial score (nSPS) is 22.6. The van der Waals surface area contributed by atoms with Gasteiger partial charge < -0.3 is 9.15 Å². The molecule has 0 spiro atoms. The maximum atomic E-state index is 13.0. The number of ketones is 1. The molecular weight excluding hydrogens is 390 g/mol. The average molecular weight is 420 g/mol. The van der Waals surface area contributed by atoms with Crippen molar-refractivity contribution in [2.24, 2.45) is 5.92 Å². The van der Waals surface area contributed by atoms with Crippen LogP contribution >= 0.6 is 0 Å². The fraction of sp³-hybridized carbons (Fsp3) is 0.480. The van der Waals surface area contributed by atoms with Crippen LogP contribution in [0.4, 0.5) is 0 Å². The quantitative estimate of drug-likeness (QED) is 0.617. The van der Waals surface area contributed by atoms with Crippen LogP contribution < -0.4 is 0 Å². The number of pyridine rings is 1. The van der Waals surface area contributed by atoms with Crippen LogP contribution in [-0.4, -0.2) is 53.0 Å². The van der Waals surface area contributed by atoms with Crippen LogP contribution in [0.1, 0.15) is 37.3 Å². The van der Waals surface area contributed by atoms with Crippen molar-refractivity contribution in [3.05, 3.63) is 48.2 Å². The van der Waals surface area contributed by atoms with Crippen LogP contribution in [0, 0.1) is 12.8 Å². The van der Waals surface area contributed by atoms with Crippen molar-refractivity contribution < 1.29 is 13.9 Å².